The average Bonchev–Trinajstić information content (AvgIpc) is 2.51. The molecule has 0 spiro atoms. The molecule has 16 heavy (non-hydrogen) atoms. The molecule has 0 unspecified atom stereocenters. The number of rotatable bonds is 5. The lowest BCUT2D eigenvalue weighted by atomic mass is 10.1. The van der Waals surface area contributed by atoms with Crippen molar-refractivity contribution in [3.63, 3.8) is 0 Å². The molecule has 0 saturated heterocycles. The minimum atomic E-state index is 0.137. The van der Waals surface area contributed by atoms with E-state index in [1.165, 1.54) is 38.5 Å². The molecule has 0 heterocycles. The van der Waals surface area contributed by atoms with Crippen LogP contribution in [0, 0.1) is 5.92 Å². The molecule has 1 rings (SSSR count). The van der Waals surface area contributed by atoms with Gasteiger partial charge in [-0.15, -0.1) is 0 Å². The molecule has 1 aliphatic carbocycles. The van der Waals surface area contributed by atoms with Gasteiger partial charge >= 0.3 is 0 Å². The minimum Gasteiger partial charge on any atom is -0.355 e. The van der Waals surface area contributed by atoms with Crippen molar-refractivity contribution in [2.45, 2.75) is 58.4 Å². The van der Waals surface area contributed by atoms with Gasteiger partial charge in [-0.1, -0.05) is 39.5 Å². The molecule has 3 nitrogen and oxygen atoms in total. The topological polar surface area (TPSA) is 41.1 Å². The largest absolute Gasteiger partial charge is 0.355 e. The van der Waals surface area contributed by atoms with Crippen molar-refractivity contribution in [3.8, 4) is 0 Å². The van der Waals surface area contributed by atoms with Gasteiger partial charge in [-0.25, -0.2) is 0 Å². The second-order valence-corrected chi connectivity index (χ2v) is 5.27. The summed E-state index contributed by atoms with van der Waals surface area (Å²) in [4.78, 5) is 11.5. The van der Waals surface area contributed by atoms with Gasteiger partial charge in [0.05, 0.1) is 6.54 Å². The Balaban J connectivity index is 2.10. The van der Waals surface area contributed by atoms with Gasteiger partial charge in [0.15, 0.2) is 0 Å². The van der Waals surface area contributed by atoms with E-state index in [0.717, 1.165) is 6.54 Å². The highest BCUT2D eigenvalue weighted by Crippen LogP contribution is 2.16. The molecular weight excluding hydrogens is 200 g/mol. The second kappa shape index (κ2) is 7.66. The minimum absolute atomic E-state index is 0.137. The summed E-state index contributed by atoms with van der Waals surface area (Å²) in [7, 11) is 0. The third kappa shape index (κ3) is 6.11. The molecule has 0 aliphatic heterocycles. The van der Waals surface area contributed by atoms with E-state index in [9.17, 15) is 4.79 Å². The summed E-state index contributed by atoms with van der Waals surface area (Å²) < 4.78 is 0. The van der Waals surface area contributed by atoms with Crippen molar-refractivity contribution >= 4 is 5.91 Å². The lowest BCUT2D eigenvalue weighted by Gasteiger charge is -2.16. The summed E-state index contributed by atoms with van der Waals surface area (Å²) >= 11 is 0. The van der Waals surface area contributed by atoms with Gasteiger partial charge in [0.2, 0.25) is 5.91 Å². The molecule has 0 aromatic rings. The molecule has 0 bridgehead atoms. The van der Waals surface area contributed by atoms with E-state index < -0.39 is 0 Å². The maximum absolute atomic E-state index is 11.5. The van der Waals surface area contributed by atoms with Gasteiger partial charge in [0, 0.05) is 12.6 Å². The van der Waals surface area contributed by atoms with E-state index >= 15 is 0 Å². The SMILES string of the molecule is CC(C)CNC(=O)CNC1CCCCCC1. The summed E-state index contributed by atoms with van der Waals surface area (Å²) in [6, 6.07) is 0.562. The Bertz CT molecular complexity index is 196. The Hall–Kier alpha value is -0.570. The van der Waals surface area contributed by atoms with E-state index in [1.807, 2.05) is 0 Å². The Labute approximate surface area is 99.4 Å². The van der Waals surface area contributed by atoms with E-state index in [2.05, 4.69) is 24.5 Å². The van der Waals surface area contributed by atoms with Crippen LogP contribution in [0.2, 0.25) is 0 Å². The molecule has 1 aliphatic rings. The van der Waals surface area contributed by atoms with Crippen LogP contribution in [0.5, 0.6) is 0 Å². The van der Waals surface area contributed by atoms with Gasteiger partial charge in [-0.3, -0.25) is 4.79 Å². The van der Waals surface area contributed by atoms with Crippen molar-refractivity contribution < 1.29 is 4.79 Å². The molecule has 3 heteroatoms. The van der Waals surface area contributed by atoms with Crippen molar-refractivity contribution in [1.82, 2.24) is 10.6 Å². The number of carbonyl (C=O) groups is 1. The van der Waals surface area contributed by atoms with E-state index in [1.54, 1.807) is 0 Å². The molecular formula is C13H26N2O. The van der Waals surface area contributed by atoms with Crippen molar-refractivity contribution in [2.75, 3.05) is 13.1 Å². The predicted molar refractivity (Wildman–Crippen MR) is 67.3 cm³/mol. The average molecular weight is 226 g/mol. The zero-order valence-corrected chi connectivity index (χ0v) is 10.7. The van der Waals surface area contributed by atoms with Crippen molar-refractivity contribution in [1.29, 1.82) is 0 Å². The highest BCUT2D eigenvalue weighted by molar-refractivity contribution is 5.77. The zero-order chi connectivity index (χ0) is 11.8. The number of nitrogens with one attached hydrogen (secondary N) is 2. The number of carbonyl (C=O) groups excluding carboxylic acids is 1. The van der Waals surface area contributed by atoms with Gasteiger partial charge in [-0.2, -0.15) is 0 Å². The number of hydrogen-bond acceptors (Lipinski definition) is 2. The van der Waals surface area contributed by atoms with Crippen LogP contribution in [-0.2, 0) is 4.79 Å². The lowest BCUT2D eigenvalue weighted by Crippen LogP contribution is -2.40. The van der Waals surface area contributed by atoms with Crippen LogP contribution in [0.15, 0.2) is 0 Å². The highest BCUT2D eigenvalue weighted by atomic mass is 16.1. The third-order valence-corrected chi connectivity index (χ3v) is 3.11. The normalized spacial score (nSPS) is 18.4. The molecule has 1 fully saturated rings. The second-order valence-electron chi connectivity index (χ2n) is 5.27. The monoisotopic (exact) mass is 226 g/mol. The van der Waals surface area contributed by atoms with Crippen LogP contribution in [0.3, 0.4) is 0 Å². The Morgan fingerprint density at radius 1 is 1.19 bits per heavy atom. The molecule has 94 valence electrons. The van der Waals surface area contributed by atoms with Crippen LogP contribution in [0.25, 0.3) is 0 Å². The summed E-state index contributed by atoms with van der Waals surface area (Å²) in [5.74, 6) is 0.666. The first-order valence-electron chi connectivity index (χ1n) is 6.68. The van der Waals surface area contributed by atoms with E-state index in [-0.39, 0.29) is 5.91 Å². The van der Waals surface area contributed by atoms with Crippen LogP contribution in [0.4, 0.5) is 0 Å². The zero-order valence-electron chi connectivity index (χ0n) is 10.7. The molecule has 1 saturated carbocycles. The van der Waals surface area contributed by atoms with Crippen LogP contribution >= 0.6 is 0 Å². The number of hydrogen-bond donors (Lipinski definition) is 2. The maximum Gasteiger partial charge on any atom is 0.233 e. The maximum atomic E-state index is 11.5. The van der Waals surface area contributed by atoms with Crippen molar-refractivity contribution in [3.05, 3.63) is 0 Å². The molecule has 1 amide bonds. The lowest BCUT2D eigenvalue weighted by molar-refractivity contribution is -0.120. The first-order valence-corrected chi connectivity index (χ1v) is 6.68. The standard InChI is InChI=1S/C13H26N2O/c1-11(2)9-15-13(16)10-14-12-7-5-3-4-6-8-12/h11-12,14H,3-10H2,1-2H3,(H,15,16). The molecule has 0 aromatic heterocycles. The fourth-order valence-electron chi connectivity index (χ4n) is 2.10. The predicted octanol–water partition coefficient (Wildman–Crippen LogP) is 2.07. The van der Waals surface area contributed by atoms with Gasteiger partial charge in [0.1, 0.15) is 0 Å². The van der Waals surface area contributed by atoms with E-state index in [0.29, 0.717) is 18.5 Å². The van der Waals surface area contributed by atoms with Crippen LogP contribution < -0.4 is 10.6 Å². The Morgan fingerprint density at radius 3 is 2.38 bits per heavy atom. The van der Waals surface area contributed by atoms with Gasteiger partial charge in [-0.05, 0) is 18.8 Å². The number of amides is 1. The third-order valence-electron chi connectivity index (χ3n) is 3.11. The highest BCUT2D eigenvalue weighted by Gasteiger charge is 2.12. The molecule has 0 atom stereocenters. The Morgan fingerprint density at radius 2 is 1.81 bits per heavy atom. The first-order chi connectivity index (χ1) is 7.68. The Kier molecular flexibility index (Phi) is 6.46. The van der Waals surface area contributed by atoms with Gasteiger partial charge < -0.3 is 10.6 Å². The van der Waals surface area contributed by atoms with E-state index in [4.69, 9.17) is 0 Å². The quantitative estimate of drug-likeness (QED) is 0.705. The summed E-state index contributed by atoms with van der Waals surface area (Å²) in [6.45, 7) is 5.49. The smallest absolute Gasteiger partial charge is 0.233 e. The fraction of sp³-hybridized carbons (Fsp3) is 0.923. The molecule has 2 N–H and O–H groups in total. The molecule has 0 aromatic carbocycles. The summed E-state index contributed by atoms with van der Waals surface area (Å²) in [6.07, 6.45) is 7.81. The van der Waals surface area contributed by atoms with Crippen LogP contribution in [-0.4, -0.2) is 25.0 Å². The molecule has 0 radical (unpaired) electrons. The summed E-state index contributed by atoms with van der Waals surface area (Å²) in [5.41, 5.74) is 0. The first kappa shape index (κ1) is 13.5. The summed E-state index contributed by atoms with van der Waals surface area (Å²) in [5, 5.41) is 6.31. The van der Waals surface area contributed by atoms with Crippen molar-refractivity contribution in [2.24, 2.45) is 5.92 Å². The fourth-order valence-corrected chi connectivity index (χ4v) is 2.10. The van der Waals surface area contributed by atoms with Gasteiger partial charge in [0.25, 0.3) is 0 Å². The van der Waals surface area contributed by atoms with Crippen LogP contribution in [0.1, 0.15) is 52.4 Å².